The van der Waals surface area contributed by atoms with Crippen molar-refractivity contribution in [3.05, 3.63) is 12.3 Å². The molecule has 0 bridgehead atoms. The molecular weight excluding hydrogens is 206 g/mol. The van der Waals surface area contributed by atoms with Gasteiger partial charge in [0.05, 0.1) is 0 Å². The SMILES string of the molecule is C=C(C(C)C)N(C)CCCCCCCCCC. The van der Waals surface area contributed by atoms with Gasteiger partial charge in [-0.05, 0) is 12.3 Å². The summed E-state index contributed by atoms with van der Waals surface area (Å²) in [4.78, 5) is 2.32. The van der Waals surface area contributed by atoms with Crippen molar-refractivity contribution in [1.29, 1.82) is 0 Å². The Kier molecular flexibility index (Phi) is 10.4. The highest BCUT2D eigenvalue weighted by atomic mass is 15.1. The maximum absolute atomic E-state index is 4.13. The highest BCUT2D eigenvalue weighted by molar-refractivity contribution is 4.95. The van der Waals surface area contributed by atoms with Crippen molar-refractivity contribution in [2.24, 2.45) is 5.92 Å². The Balaban J connectivity index is 3.30. The van der Waals surface area contributed by atoms with E-state index in [1.807, 2.05) is 0 Å². The fourth-order valence-electron chi connectivity index (χ4n) is 2.07. The van der Waals surface area contributed by atoms with E-state index in [4.69, 9.17) is 0 Å². The van der Waals surface area contributed by atoms with Crippen molar-refractivity contribution in [3.63, 3.8) is 0 Å². The van der Waals surface area contributed by atoms with E-state index in [1.165, 1.54) is 63.6 Å². The van der Waals surface area contributed by atoms with E-state index in [0.29, 0.717) is 5.92 Å². The zero-order valence-corrected chi connectivity index (χ0v) is 12.6. The van der Waals surface area contributed by atoms with Crippen LogP contribution in [-0.4, -0.2) is 18.5 Å². The van der Waals surface area contributed by atoms with E-state index in [-0.39, 0.29) is 0 Å². The molecule has 0 radical (unpaired) electrons. The molecular formula is C16H33N. The summed E-state index contributed by atoms with van der Waals surface area (Å²) in [7, 11) is 2.17. The summed E-state index contributed by atoms with van der Waals surface area (Å²) in [5.41, 5.74) is 1.27. The van der Waals surface area contributed by atoms with Gasteiger partial charge in [0.25, 0.3) is 0 Å². The molecule has 0 rings (SSSR count). The zero-order chi connectivity index (χ0) is 13.1. The molecule has 0 N–H and O–H groups in total. The van der Waals surface area contributed by atoms with E-state index in [0.717, 1.165) is 0 Å². The third-order valence-corrected chi connectivity index (χ3v) is 3.50. The second kappa shape index (κ2) is 10.7. The molecule has 0 heterocycles. The van der Waals surface area contributed by atoms with Gasteiger partial charge in [-0.15, -0.1) is 0 Å². The fourth-order valence-corrected chi connectivity index (χ4v) is 2.07. The van der Waals surface area contributed by atoms with Crippen LogP contribution < -0.4 is 0 Å². The summed E-state index contributed by atoms with van der Waals surface area (Å²) in [6.07, 6.45) is 11.2. The first-order chi connectivity index (χ1) is 8.09. The number of unbranched alkanes of at least 4 members (excludes halogenated alkanes) is 7. The predicted octanol–water partition coefficient (Wildman–Crippen LogP) is 5.23. The lowest BCUT2D eigenvalue weighted by molar-refractivity contribution is 0.362. The minimum atomic E-state index is 0.578. The van der Waals surface area contributed by atoms with Crippen molar-refractivity contribution in [3.8, 4) is 0 Å². The predicted molar refractivity (Wildman–Crippen MR) is 79.2 cm³/mol. The summed E-state index contributed by atoms with van der Waals surface area (Å²) in [5, 5.41) is 0. The molecule has 1 nitrogen and oxygen atoms in total. The molecule has 0 aromatic heterocycles. The van der Waals surface area contributed by atoms with E-state index < -0.39 is 0 Å². The Morgan fingerprint density at radius 2 is 1.41 bits per heavy atom. The van der Waals surface area contributed by atoms with Gasteiger partial charge in [-0.3, -0.25) is 0 Å². The van der Waals surface area contributed by atoms with Gasteiger partial charge in [-0.25, -0.2) is 0 Å². The molecule has 0 saturated carbocycles. The first-order valence-corrected chi connectivity index (χ1v) is 7.49. The Morgan fingerprint density at radius 1 is 0.941 bits per heavy atom. The minimum absolute atomic E-state index is 0.578. The summed E-state index contributed by atoms with van der Waals surface area (Å²) in [6.45, 7) is 12.0. The molecule has 0 aliphatic rings. The Hall–Kier alpha value is -0.460. The molecule has 0 fully saturated rings. The number of allylic oxidation sites excluding steroid dienone is 1. The van der Waals surface area contributed by atoms with E-state index >= 15 is 0 Å². The quantitative estimate of drug-likeness (QED) is 0.446. The molecule has 0 unspecified atom stereocenters. The normalized spacial score (nSPS) is 10.9. The first kappa shape index (κ1) is 16.5. The molecule has 0 aromatic carbocycles. The Bertz CT molecular complexity index is 184. The second-order valence-electron chi connectivity index (χ2n) is 5.54. The Labute approximate surface area is 109 Å². The molecule has 17 heavy (non-hydrogen) atoms. The zero-order valence-electron chi connectivity index (χ0n) is 12.6. The van der Waals surface area contributed by atoms with Crippen LogP contribution in [0.2, 0.25) is 0 Å². The summed E-state index contributed by atoms with van der Waals surface area (Å²) in [6, 6.07) is 0. The highest BCUT2D eigenvalue weighted by Crippen LogP contribution is 2.13. The van der Waals surface area contributed by atoms with Crippen LogP contribution in [0.15, 0.2) is 12.3 Å². The largest absolute Gasteiger partial charge is 0.378 e. The van der Waals surface area contributed by atoms with Gasteiger partial charge in [0.15, 0.2) is 0 Å². The standard InChI is InChI=1S/C16H33N/c1-6-7-8-9-10-11-12-13-14-17(5)16(4)15(2)3/h15H,4,6-14H2,1-3,5H3. The van der Waals surface area contributed by atoms with Gasteiger partial charge in [-0.2, -0.15) is 0 Å². The molecule has 0 aliphatic carbocycles. The first-order valence-electron chi connectivity index (χ1n) is 7.49. The average Bonchev–Trinajstić information content (AvgIpc) is 2.31. The second-order valence-corrected chi connectivity index (χ2v) is 5.54. The topological polar surface area (TPSA) is 3.24 Å². The third-order valence-electron chi connectivity index (χ3n) is 3.50. The van der Waals surface area contributed by atoms with Crippen molar-refractivity contribution >= 4 is 0 Å². The van der Waals surface area contributed by atoms with Crippen molar-refractivity contribution in [2.75, 3.05) is 13.6 Å². The van der Waals surface area contributed by atoms with Crippen LogP contribution in [-0.2, 0) is 0 Å². The number of hydrogen-bond acceptors (Lipinski definition) is 1. The van der Waals surface area contributed by atoms with E-state index in [1.54, 1.807) is 0 Å². The Morgan fingerprint density at radius 3 is 1.88 bits per heavy atom. The molecule has 0 amide bonds. The third kappa shape index (κ3) is 9.26. The lowest BCUT2D eigenvalue weighted by Gasteiger charge is -2.24. The average molecular weight is 239 g/mol. The lowest BCUT2D eigenvalue weighted by Crippen LogP contribution is -2.21. The molecule has 102 valence electrons. The highest BCUT2D eigenvalue weighted by Gasteiger charge is 2.05. The monoisotopic (exact) mass is 239 g/mol. The molecule has 0 aromatic rings. The molecule has 0 aliphatic heterocycles. The number of hydrogen-bond donors (Lipinski definition) is 0. The van der Waals surface area contributed by atoms with Crippen LogP contribution in [0.25, 0.3) is 0 Å². The van der Waals surface area contributed by atoms with Crippen LogP contribution in [0.3, 0.4) is 0 Å². The van der Waals surface area contributed by atoms with E-state index in [2.05, 4.69) is 39.3 Å². The van der Waals surface area contributed by atoms with Crippen molar-refractivity contribution in [2.45, 2.75) is 72.1 Å². The molecule has 1 heteroatoms. The minimum Gasteiger partial charge on any atom is -0.378 e. The van der Waals surface area contributed by atoms with Crippen LogP contribution in [0.1, 0.15) is 72.1 Å². The van der Waals surface area contributed by atoms with Crippen LogP contribution >= 0.6 is 0 Å². The van der Waals surface area contributed by atoms with Gasteiger partial charge in [0.1, 0.15) is 0 Å². The van der Waals surface area contributed by atoms with Gasteiger partial charge < -0.3 is 4.90 Å². The summed E-state index contributed by atoms with van der Waals surface area (Å²) in [5.74, 6) is 0.578. The summed E-state index contributed by atoms with van der Waals surface area (Å²) >= 11 is 0. The van der Waals surface area contributed by atoms with E-state index in [9.17, 15) is 0 Å². The van der Waals surface area contributed by atoms with Gasteiger partial charge in [-0.1, -0.05) is 72.3 Å². The molecule has 0 atom stereocenters. The van der Waals surface area contributed by atoms with Crippen molar-refractivity contribution in [1.82, 2.24) is 4.90 Å². The smallest absolute Gasteiger partial charge is 0.0171 e. The molecule has 0 saturated heterocycles. The maximum atomic E-state index is 4.13. The van der Waals surface area contributed by atoms with Gasteiger partial charge in [0.2, 0.25) is 0 Å². The van der Waals surface area contributed by atoms with Gasteiger partial charge in [0, 0.05) is 19.3 Å². The molecule has 0 spiro atoms. The number of rotatable bonds is 11. The van der Waals surface area contributed by atoms with Crippen LogP contribution in [0, 0.1) is 5.92 Å². The maximum Gasteiger partial charge on any atom is 0.0171 e. The lowest BCUT2D eigenvalue weighted by atomic mass is 10.1. The van der Waals surface area contributed by atoms with Gasteiger partial charge >= 0.3 is 0 Å². The fraction of sp³-hybridized carbons (Fsp3) is 0.875. The van der Waals surface area contributed by atoms with Crippen LogP contribution in [0.5, 0.6) is 0 Å². The summed E-state index contributed by atoms with van der Waals surface area (Å²) < 4.78 is 0. The van der Waals surface area contributed by atoms with Crippen molar-refractivity contribution < 1.29 is 0 Å². The number of nitrogens with zero attached hydrogens (tertiary/aromatic N) is 1. The van der Waals surface area contributed by atoms with Crippen LogP contribution in [0.4, 0.5) is 0 Å².